The first-order valence-electron chi connectivity index (χ1n) is 5.85. The number of halogens is 2. The summed E-state index contributed by atoms with van der Waals surface area (Å²) in [4.78, 5) is 12.1. The van der Waals surface area contributed by atoms with Crippen LogP contribution in [-0.4, -0.2) is 5.91 Å². The van der Waals surface area contributed by atoms with Crippen molar-refractivity contribution in [2.24, 2.45) is 5.84 Å². The second-order valence-electron chi connectivity index (χ2n) is 4.27. The van der Waals surface area contributed by atoms with Gasteiger partial charge in [0.1, 0.15) is 5.82 Å². The second kappa shape index (κ2) is 5.90. The van der Waals surface area contributed by atoms with Crippen LogP contribution < -0.4 is 16.6 Å². The molecule has 0 fully saturated rings. The van der Waals surface area contributed by atoms with Crippen molar-refractivity contribution in [1.82, 2.24) is 0 Å². The lowest BCUT2D eigenvalue weighted by Crippen LogP contribution is -2.18. The summed E-state index contributed by atoms with van der Waals surface area (Å²) in [6, 6.07) is 9.15. The maximum atomic E-state index is 13.6. The predicted molar refractivity (Wildman–Crippen MR) is 78.4 cm³/mol. The third kappa shape index (κ3) is 3.07. The number of benzene rings is 2. The van der Waals surface area contributed by atoms with Crippen molar-refractivity contribution in [1.29, 1.82) is 0 Å². The van der Waals surface area contributed by atoms with Crippen LogP contribution in [0, 0.1) is 12.7 Å². The fraction of sp³-hybridized carbons (Fsp3) is 0.0714. The number of nitrogens with one attached hydrogen (secondary N) is 2. The van der Waals surface area contributed by atoms with E-state index in [2.05, 4.69) is 10.7 Å². The molecule has 0 aliphatic carbocycles. The van der Waals surface area contributed by atoms with E-state index in [1.165, 1.54) is 12.1 Å². The molecule has 0 spiro atoms. The Kier molecular flexibility index (Phi) is 4.22. The van der Waals surface area contributed by atoms with Crippen LogP contribution in [0.2, 0.25) is 5.02 Å². The average molecular weight is 294 g/mol. The van der Waals surface area contributed by atoms with Gasteiger partial charge in [0.05, 0.1) is 16.9 Å². The van der Waals surface area contributed by atoms with Crippen molar-refractivity contribution < 1.29 is 9.18 Å². The van der Waals surface area contributed by atoms with Gasteiger partial charge in [0, 0.05) is 5.02 Å². The highest BCUT2D eigenvalue weighted by molar-refractivity contribution is 6.30. The Balaban J connectivity index is 2.28. The van der Waals surface area contributed by atoms with Crippen molar-refractivity contribution in [2.45, 2.75) is 6.92 Å². The third-order valence-electron chi connectivity index (χ3n) is 2.75. The SMILES string of the molecule is Cc1ccc(C(=O)Nc2ccc(Cl)cc2F)c(NN)c1. The van der Waals surface area contributed by atoms with Crippen LogP contribution in [0.4, 0.5) is 15.8 Å². The van der Waals surface area contributed by atoms with Crippen molar-refractivity contribution >= 4 is 28.9 Å². The summed E-state index contributed by atoms with van der Waals surface area (Å²) in [6.07, 6.45) is 0. The van der Waals surface area contributed by atoms with Crippen molar-refractivity contribution in [2.75, 3.05) is 10.7 Å². The maximum Gasteiger partial charge on any atom is 0.257 e. The van der Waals surface area contributed by atoms with Crippen LogP contribution >= 0.6 is 11.6 Å². The molecule has 1 amide bonds. The van der Waals surface area contributed by atoms with Crippen LogP contribution in [0.25, 0.3) is 0 Å². The van der Waals surface area contributed by atoms with Gasteiger partial charge in [-0.2, -0.15) is 0 Å². The molecule has 4 nitrogen and oxygen atoms in total. The van der Waals surface area contributed by atoms with Gasteiger partial charge in [-0.25, -0.2) is 4.39 Å². The smallest absolute Gasteiger partial charge is 0.257 e. The summed E-state index contributed by atoms with van der Waals surface area (Å²) in [6.45, 7) is 1.88. The predicted octanol–water partition coefficient (Wildman–Crippen LogP) is 3.33. The average Bonchev–Trinajstić information content (AvgIpc) is 2.41. The van der Waals surface area contributed by atoms with Gasteiger partial charge in [0.25, 0.3) is 5.91 Å². The van der Waals surface area contributed by atoms with Gasteiger partial charge in [0.15, 0.2) is 0 Å². The molecule has 0 heterocycles. The number of anilines is 2. The van der Waals surface area contributed by atoms with E-state index in [1.807, 2.05) is 6.92 Å². The third-order valence-corrected chi connectivity index (χ3v) is 2.99. The number of hydrogen-bond acceptors (Lipinski definition) is 3. The molecule has 0 unspecified atom stereocenters. The number of hydrogen-bond donors (Lipinski definition) is 3. The van der Waals surface area contributed by atoms with E-state index >= 15 is 0 Å². The van der Waals surface area contributed by atoms with Gasteiger partial charge in [-0.1, -0.05) is 17.7 Å². The molecule has 0 aliphatic rings. The molecule has 0 aromatic heterocycles. The zero-order valence-corrected chi connectivity index (χ0v) is 11.5. The summed E-state index contributed by atoms with van der Waals surface area (Å²) in [5, 5.41) is 2.74. The lowest BCUT2D eigenvalue weighted by Gasteiger charge is -2.11. The van der Waals surface area contributed by atoms with Gasteiger partial charge in [-0.15, -0.1) is 0 Å². The normalized spacial score (nSPS) is 10.2. The number of rotatable bonds is 3. The van der Waals surface area contributed by atoms with E-state index in [4.69, 9.17) is 17.4 Å². The Bertz CT molecular complexity index is 661. The Morgan fingerprint density at radius 2 is 1.95 bits per heavy atom. The fourth-order valence-corrected chi connectivity index (χ4v) is 1.91. The van der Waals surface area contributed by atoms with Gasteiger partial charge < -0.3 is 10.7 Å². The van der Waals surface area contributed by atoms with Crippen molar-refractivity contribution in [3.63, 3.8) is 0 Å². The molecule has 6 heteroatoms. The van der Waals surface area contributed by atoms with E-state index in [0.29, 0.717) is 11.3 Å². The number of carbonyl (C=O) groups excluding carboxylic acids is 1. The van der Waals surface area contributed by atoms with Gasteiger partial charge in [-0.05, 0) is 42.8 Å². The molecule has 0 atom stereocenters. The first-order chi connectivity index (χ1) is 9.51. The molecule has 2 aromatic carbocycles. The largest absolute Gasteiger partial charge is 0.323 e. The molecular weight excluding hydrogens is 281 g/mol. The van der Waals surface area contributed by atoms with Crippen LogP contribution in [0.5, 0.6) is 0 Å². The van der Waals surface area contributed by atoms with Gasteiger partial charge in [-0.3, -0.25) is 10.6 Å². The number of amides is 1. The Labute approximate surface area is 120 Å². The number of carbonyl (C=O) groups is 1. The minimum absolute atomic E-state index is 0.0583. The minimum Gasteiger partial charge on any atom is -0.323 e. The van der Waals surface area contributed by atoms with Crippen molar-refractivity contribution in [3.05, 3.63) is 58.4 Å². The highest BCUT2D eigenvalue weighted by Gasteiger charge is 2.13. The van der Waals surface area contributed by atoms with Crippen LogP contribution in [0.15, 0.2) is 36.4 Å². The summed E-state index contributed by atoms with van der Waals surface area (Å²) >= 11 is 5.66. The highest BCUT2D eigenvalue weighted by Crippen LogP contribution is 2.22. The molecule has 2 aromatic rings. The lowest BCUT2D eigenvalue weighted by atomic mass is 10.1. The summed E-state index contributed by atoms with van der Waals surface area (Å²) in [7, 11) is 0. The summed E-state index contributed by atoms with van der Waals surface area (Å²) < 4.78 is 13.6. The van der Waals surface area contributed by atoms with E-state index < -0.39 is 11.7 Å². The molecule has 4 N–H and O–H groups in total. The number of nitrogen functional groups attached to an aromatic ring is 1. The second-order valence-corrected chi connectivity index (χ2v) is 4.71. The van der Waals surface area contributed by atoms with E-state index in [-0.39, 0.29) is 10.7 Å². The van der Waals surface area contributed by atoms with E-state index in [9.17, 15) is 9.18 Å². The monoisotopic (exact) mass is 293 g/mol. The standard InChI is InChI=1S/C14H13ClFN3O/c1-8-2-4-10(13(6-8)19-17)14(20)18-12-5-3-9(15)7-11(12)16/h2-7,19H,17H2,1H3,(H,18,20). The Hall–Kier alpha value is -2.11. The molecule has 2 rings (SSSR count). The summed E-state index contributed by atoms with van der Waals surface area (Å²) in [5.74, 6) is 4.32. The molecule has 104 valence electrons. The first-order valence-corrected chi connectivity index (χ1v) is 6.22. The lowest BCUT2D eigenvalue weighted by molar-refractivity contribution is 0.102. The molecule has 0 bridgehead atoms. The molecule has 0 radical (unpaired) electrons. The Morgan fingerprint density at radius 3 is 2.60 bits per heavy atom. The number of aryl methyl sites for hydroxylation is 1. The topological polar surface area (TPSA) is 67.2 Å². The van der Waals surface area contributed by atoms with Crippen LogP contribution in [0.3, 0.4) is 0 Å². The quantitative estimate of drug-likeness (QED) is 0.601. The minimum atomic E-state index is -0.597. The maximum absolute atomic E-state index is 13.6. The highest BCUT2D eigenvalue weighted by atomic mass is 35.5. The molecule has 0 aliphatic heterocycles. The summed E-state index contributed by atoms with van der Waals surface area (Å²) in [5.41, 5.74) is 4.26. The molecule has 20 heavy (non-hydrogen) atoms. The van der Waals surface area contributed by atoms with Crippen molar-refractivity contribution in [3.8, 4) is 0 Å². The zero-order chi connectivity index (χ0) is 14.7. The Morgan fingerprint density at radius 1 is 1.20 bits per heavy atom. The zero-order valence-electron chi connectivity index (χ0n) is 10.7. The fourth-order valence-electron chi connectivity index (χ4n) is 1.76. The van der Waals surface area contributed by atoms with E-state index in [0.717, 1.165) is 11.6 Å². The van der Waals surface area contributed by atoms with Gasteiger partial charge in [0.2, 0.25) is 0 Å². The molecular formula is C14H13ClFN3O. The van der Waals surface area contributed by atoms with Gasteiger partial charge >= 0.3 is 0 Å². The molecule has 0 saturated carbocycles. The first kappa shape index (κ1) is 14.3. The molecule has 0 saturated heterocycles. The van der Waals surface area contributed by atoms with Crippen LogP contribution in [0.1, 0.15) is 15.9 Å². The van der Waals surface area contributed by atoms with Crippen LogP contribution in [-0.2, 0) is 0 Å². The number of hydrazine groups is 1. The number of nitrogens with two attached hydrogens (primary N) is 1. The van der Waals surface area contributed by atoms with E-state index in [1.54, 1.807) is 18.2 Å².